The van der Waals surface area contributed by atoms with Crippen molar-refractivity contribution >= 4 is 178 Å². The number of rotatable bonds is 0. The van der Waals surface area contributed by atoms with Gasteiger partial charge in [-0.3, -0.25) is 0 Å². The van der Waals surface area contributed by atoms with Crippen molar-refractivity contribution in [1.82, 2.24) is 15.0 Å². The largest absolute Gasteiger partial charge is 3.00 e. The van der Waals surface area contributed by atoms with E-state index < -0.39 is 16.9 Å². The standard InChI is InChI=1S/C66H33Br3N3O6.Ir/c67-58-31-37-13-19-55(58)52-10-4-1-7-49(52)40-25-41-27-42(26-40)51-9-3-6-12-54(51)57-21-15-39(33-60(57)69)63-24-18-48(36-72-63)78-66(75)45-29-43(64(73)76-46-16-22-61(37)70-34-46)28-44(30-45)65(74)77-47-17-23-62(71-35-47)38-14-20-56(59(68)32-38)53-11-5-2-8-50(41)53;/h1-12,16-36H;/q-3;+3. The molecule has 79 heavy (non-hydrogen) atoms. The van der Waals surface area contributed by atoms with Gasteiger partial charge in [-0.2, -0.15) is 0 Å². The molecule has 0 aliphatic carbocycles. The molecule has 0 atom stereocenters. The van der Waals surface area contributed by atoms with E-state index in [2.05, 4.69) is 154 Å². The van der Waals surface area contributed by atoms with Crippen LogP contribution in [0, 0.1) is 18.2 Å². The van der Waals surface area contributed by atoms with Gasteiger partial charge in [0.2, 0.25) is 0 Å². The first-order valence-electron chi connectivity index (χ1n) is 24.4. The molecule has 0 radical (unpaired) electrons. The van der Waals surface area contributed by atoms with Crippen LogP contribution in [0.4, 0.5) is 0 Å². The van der Waals surface area contributed by atoms with Crippen molar-refractivity contribution in [3.8, 4) is 0 Å². The van der Waals surface area contributed by atoms with Crippen LogP contribution in [0.2, 0.25) is 0 Å². The third-order valence-corrected chi connectivity index (χ3v) is 15.5. The van der Waals surface area contributed by atoms with Crippen LogP contribution in [0.5, 0.6) is 0 Å². The van der Waals surface area contributed by atoms with Gasteiger partial charge in [0.25, 0.3) is 0 Å². The van der Waals surface area contributed by atoms with E-state index in [1.165, 1.54) is 36.8 Å². The predicted octanol–water partition coefficient (Wildman–Crippen LogP) is 17.3. The Bertz CT molecular complexity index is 4700. The molecular weight excluding hydrogens is 1360 g/mol. The van der Waals surface area contributed by atoms with Crippen LogP contribution < -0.4 is 16.9 Å². The van der Waals surface area contributed by atoms with E-state index in [1.807, 2.05) is 54.6 Å². The van der Waals surface area contributed by atoms with Crippen molar-refractivity contribution in [3.63, 3.8) is 0 Å². The number of halogens is 3. The van der Waals surface area contributed by atoms with Gasteiger partial charge >= 0.3 is 37.0 Å². The van der Waals surface area contributed by atoms with Crippen LogP contribution in [0.3, 0.4) is 0 Å². The van der Waals surface area contributed by atoms with Crippen LogP contribution >= 0.6 is 47.8 Å². The van der Waals surface area contributed by atoms with Gasteiger partial charge < -0.3 is 28.2 Å². The minimum absolute atomic E-state index is 0. The zero-order chi connectivity index (χ0) is 53.0. The van der Waals surface area contributed by atoms with Crippen LogP contribution in [-0.2, 0) is 20.1 Å². The van der Waals surface area contributed by atoms with Crippen molar-refractivity contribution in [2.45, 2.75) is 0 Å². The monoisotopic (exact) mass is 1390 g/mol. The third-order valence-electron chi connectivity index (χ3n) is 13.5. The van der Waals surface area contributed by atoms with Gasteiger partial charge in [-0.05, 0) is 103 Å². The Kier molecular flexibility index (Phi) is 14.0. The zero-order valence-corrected chi connectivity index (χ0v) is 48.0. The molecule has 24 aromatic heterocycles. The van der Waals surface area contributed by atoms with Gasteiger partial charge in [-0.1, -0.05) is 185 Å². The minimum atomic E-state index is -0.867. The SMILES string of the molecule is O=c1oc2ccc(nc2)c2[c-]cc(c(Br)c2)c2ccccc2c2cc3cc(c2)c2ccccc2c2c[c-]c(cc2Br)c2ccc(cn2)oc(=O)c2cc1cc(c2)c(=O)oc1ccc(nc1)c1[c-]cc(c(Br)c1)c1ccccc31.[Ir+3]. The summed E-state index contributed by atoms with van der Waals surface area (Å²) in [5.74, 6) is 0. The average Bonchev–Trinajstić information content (AvgIpc) is 3.50. The Morgan fingerprint density at radius 2 is 0.582 bits per heavy atom. The summed E-state index contributed by atoms with van der Waals surface area (Å²) in [6.07, 6.45) is 4.27. The molecule has 8 aromatic carbocycles. The topological polar surface area (TPSA) is 129 Å². The van der Waals surface area contributed by atoms with Crippen molar-refractivity contribution < 1.29 is 33.4 Å². The van der Waals surface area contributed by atoms with Crippen LogP contribution in [0.15, 0.2) is 242 Å². The maximum absolute atomic E-state index is 14.0. The molecule has 0 N–H and O–H groups in total. The van der Waals surface area contributed by atoms with Gasteiger partial charge in [-0.15, -0.1) is 70.8 Å². The van der Waals surface area contributed by atoms with E-state index in [0.717, 1.165) is 78.1 Å². The number of benzene rings is 8. The summed E-state index contributed by atoms with van der Waals surface area (Å²) in [5, 5.41) is 13.3. The Hall–Kier alpha value is -8.29. The summed E-state index contributed by atoms with van der Waals surface area (Å²) < 4.78 is 19.8. The van der Waals surface area contributed by atoms with E-state index in [1.54, 1.807) is 36.4 Å². The molecule has 24 heterocycles. The molecular formula is C66H33Br3IrN3O6. The second kappa shape index (κ2) is 21.5. The molecule has 32 rings (SSSR count). The van der Waals surface area contributed by atoms with Gasteiger partial charge in [0.1, 0.15) is 16.7 Å². The first kappa shape index (κ1) is 51.5. The third kappa shape index (κ3) is 10.1. The first-order valence-corrected chi connectivity index (χ1v) is 26.7. The summed E-state index contributed by atoms with van der Waals surface area (Å²) >= 11 is 11.8. The molecule has 0 aliphatic heterocycles. The summed E-state index contributed by atoms with van der Waals surface area (Å²) in [6, 6.07) is 67.7. The molecule has 378 valence electrons. The van der Waals surface area contributed by atoms with Gasteiger partial charge in [0.15, 0.2) is 0 Å². The minimum Gasteiger partial charge on any atom is -0.421 e. The molecule has 0 unspecified atom stereocenters. The van der Waals surface area contributed by atoms with Crippen molar-refractivity contribution in [2.24, 2.45) is 0 Å². The number of hydrogen-bond donors (Lipinski definition) is 0. The van der Waals surface area contributed by atoms with E-state index in [4.69, 9.17) is 13.3 Å². The van der Waals surface area contributed by atoms with Gasteiger partial charge in [-0.25, -0.2) is 14.4 Å². The number of pyridine rings is 3. The van der Waals surface area contributed by atoms with Gasteiger partial charge in [0.05, 0.1) is 34.7 Å². The fourth-order valence-electron chi connectivity index (χ4n) is 9.74. The summed E-state index contributed by atoms with van der Waals surface area (Å²) in [5.41, 5.74) is -0.536. The first-order chi connectivity index (χ1) is 38.1. The van der Waals surface area contributed by atoms with Crippen molar-refractivity contribution in [1.29, 1.82) is 0 Å². The fraction of sp³-hybridized carbons (Fsp3) is 0. The second-order valence-electron chi connectivity index (χ2n) is 18.4. The Morgan fingerprint density at radius 3 is 0.835 bits per heavy atom. The van der Waals surface area contributed by atoms with E-state index in [-0.39, 0.29) is 53.0 Å². The molecule has 32 aromatic rings. The van der Waals surface area contributed by atoms with E-state index >= 15 is 0 Å². The smallest absolute Gasteiger partial charge is 0.421 e. The van der Waals surface area contributed by atoms with Crippen molar-refractivity contribution in [3.05, 3.63) is 263 Å². The van der Waals surface area contributed by atoms with Crippen LogP contribution in [-0.4, -0.2) is 15.0 Å². The molecule has 0 saturated carbocycles. The van der Waals surface area contributed by atoms with Crippen molar-refractivity contribution in [2.75, 3.05) is 0 Å². The predicted molar refractivity (Wildman–Crippen MR) is 324 cm³/mol. The van der Waals surface area contributed by atoms with Crippen LogP contribution in [0.1, 0.15) is 0 Å². The number of aromatic nitrogens is 3. The fourth-order valence-corrected chi connectivity index (χ4v) is 11.4. The Morgan fingerprint density at radius 1 is 0.316 bits per heavy atom. The Balaban J connectivity index is 0.00000623. The number of nitrogens with zero attached hydrogens (tertiary/aromatic N) is 3. The average molecular weight is 1400 g/mol. The molecule has 0 fully saturated rings. The molecule has 0 spiro atoms. The Labute approximate surface area is 485 Å². The maximum Gasteiger partial charge on any atom is 3.00 e. The zero-order valence-electron chi connectivity index (χ0n) is 40.8. The van der Waals surface area contributed by atoms with E-state index in [0.29, 0.717) is 32.7 Å². The molecule has 0 aliphatic rings. The maximum atomic E-state index is 14.0. The molecule has 0 saturated heterocycles. The summed E-state index contributed by atoms with van der Waals surface area (Å²) in [6.45, 7) is 0. The van der Waals surface area contributed by atoms with Gasteiger partial charge in [0, 0.05) is 0 Å². The summed E-state index contributed by atoms with van der Waals surface area (Å²) in [7, 11) is 0. The number of hydrogen-bond acceptors (Lipinski definition) is 9. The molecule has 13 heteroatoms. The quantitative estimate of drug-likeness (QED) is 0.136. The summed E-state index contributed by atoms with van der Waals surface area (Å²) in [4.78, 5) is 55.9. The molecule has 18 bridgehead atoms. The molecule has 9 nitrogen and oxygen atoms in total. The normalized spacial score (nSPS) is 11.3. The second-order valence-corrected chi connectivity index (χ2v) is 20.9. The van der Waals surface area contributed by atoms with E-state index in [9.17, 15) is 14.4 Å². The van der Waals surface area contributed by atoms with Crippen LogP contribution in [0.25, 0.3) is 130 Å². The molecule has 0 amide bonds.